The van der Waals surface area contributed by atoms with Crippen LogP contribution in [-0.4, -0.2) is 11.0 Å². The van der Waals surface area contributed by atoms with Crippen molar-refractivity contribution >= 4 is 23.2 Å². The molecule has 0 aliphatic carbocycles. The Morgan fingerprint density at radius 3 is 2.25 bits per heavy atom. The Labute approximate surface area is 158 Å². The summed E-state index contributed by atoms with van der Waals surface area (Å²) in [7, 11) is 0. The fourth-order valence-electron chi connectivity index (χ4n) is 2.26. The van der Waals surface area contributed by atoms with E-state index >= 15 is 0 Å². The Bertz CT molecular complexity index is 958. The number of nitrogen functional groups attached to an aromatic ring is 1. The van der Waals surface area contributed by atoms with Crippen LogP contribution in [0, 0.1) is 0 Å². The van der Waals surface area contributed by atoms with Crippen LogP contribution >= 0.6 is 0 Å². The zero-order valence-corrected chi connectivity index (χ0v) is 14.3. The number of hydrogen-bond acceptors (Lipinski definition) is 4. The monoisotopic (exact) mass is 388 g/mol. The predicted octanol–water partition coefficient (Wildman–Crippen LogP) is 5.12. The van der Waals surface area contributed by atoms with E-state index in [1.54, 1.807) is 36.4 Å². The lowest BCUT2D eigenvalue weighted by Gasteiger charge is -2.11. The van der Waals surface area contributed by atoms with E-state index in [9.17, 15) is 18.0 Å². The molecule has 0 aliphatic rings. The molecule has 3 aromatic rings. The average molecular weight is 388 g/mol. The normalized spacial score (nSPS) is 11.0. The summed E-state index contributed by atoms with van der Waals surface area (Å²) >= 11 is 0. The van der Waals surface area contributed by atoms with E-state index in [0.29, 0.717) is 23.0 Å². The number of aromatic nitrogens is 1. The molecule has 0 saturated carbocycles. The molecule has 2 aromatic carbocycles. The highest BCUT2D eigenvalue weighted by molar-refractivity contribution is 5.99. The van der Waals surface area contributed by atoms with Crippen molar-refractivity contribution in [2.24, 2.45) is 0 Å². The Hall–Kier alpha value is -3.75. The predicted molar refractivity (Wildman–Crippen MR) is 99.3 cm³/mol. The molecule has 1 heterocycles. The molecular formula is C19H15F3N4O2. The number of halogens is 3. The number of hydrogen-bond donors (Lipinski definition) is 3. The Morgan fingerprint density at radius 1 is 0.929 bits per heavy atom. The van der Waals surface area contributed by atoms with E-state index in [1.165, 1.54) is 18.3 Å². The van der Waals surface area contributed by atoms with Gasteiger partial charge in [0, 0.05) is 11.4 Å². The maximum Gasteiger partial charge on any atom is 0.416 e. The summed E-state index contributed by atoms with van der Waals surface area (Å²) in [4.78, 5) is 15.9. The Morgan fingerprint density at radius 2 is 1.61 bits per heavy atom. The molecular weight excluding hydrogens is 373 g/mol. The van der Waals surface area contributed by atoms with Crippen molar-refractivity contribution in [3.05, 3.63) is 72.4 Å². The van der Waals surface area contributed by atoms with Crippen LogP contribution in [0.25, 0.3) is 0 Å². The van der Waals surface area contributed by atoms with Crippen LogP contribution in [0.1, 0.15) is 5.56 Å². The van der Waals surface area contributed by atoms with Gasteiger partial charge in [0.15, 0.2) is 0 Å². The number of nitrogens with zero attached hydrogens (tertiary/aromatic N) is 1. The number of carbonyl (C=O) groups is 1. The van der Waals surface area contributed by atoms with Gasteiger partial charge in [0.25, 0.3) is 0 Å². The second-order valence-corrected chi connectivity index (χ2v) is 5.70. The van der Waals surface area contributed by atoms with E-state index < -0.39 is 17.8 Å². The van der Waals surface area contributed by atoms with Crippen molar-refractivity contribution in [1.29, 1.82) is 0 Å². The molecule has 2 amide bonds. The number of urea groups is 1. The lowest BCUT2D eigenvalue weighted by Crippen LogP contribution is -2.19. The number of carbonyl (C=O) groups excluding carboxylic acids is 1. The third kappa shape index (κ3) is 5.13. The van der Waals surface area contributed by atoms with E-state index in [-0.39, 0.29) is 5.69 Å². The molecule has 0 unspecified atom stereocenters. The number of amides is 2. The first-order valence-corrected chi connectivity index (χ1v) is 8.04. The standard InChI is InChI=1S/C19H15F3N4O2/c20-19(21,22)12-2-1-3-14(10-12)26-18(27)25-13-4-6-15(7-5-13)28-16-8-9-17(23)24-11-16/h1-11H,(H2,23,24)(H2,25,26,27). The van der Waals surface area contributed by atoms with Gasteiger partial charge in [-0.1, -0.05) is 6.07 Å². The van der Waals surface area contributed by atoms with Gasteiger partial charge in [0.05, 0.1) is 11.8 Å². The number of ether oxygens (including phenoxy) is 1. The first kappa shape index (κ1) is 19.0. The van der Waals surface area contributed by atoms with Crippen LogP contribution in [0.15, 0.2) is 66.9 Å². The first-order valence-electron chi connectivity index (χ1n) is 8.04. The summed E-state index contributed by atoms with van der Waals surface area (Å²) in [6.07, 6.45) is -3.01. The highest BCUT2D eigenvalue weighted by Crippen LogP contribution is 2.30. The summed E-state index contributed by atoms with van der Waals surface area (Å²) in [6, 6.07) is 13.4. The van der Waals surface area contributed by atoms with E-state index in [0.717, 1.165) is 12.1 Å². The van der Waals surface area contributed by atoms with Crippen LogP contribution in [0.4, 0.5) is 35.2 Å². The van der Waals surface area contributed by atoms with Gasteiger partial charge >= 0.3 is 12.2 Å². The molecule has 0 fully saturated rings. The molecule has 0 spiro atoms. The van der Waals surface area contributed by atoms with Crippen LogP contribution < -0.4 is 21.1 Å². The van der Waals surface area contributed by atoms with E-state index in [2.05, 4.69) is 15.6 Å². The summed E-state index contributed by atoms with van der Waals surface area (Å²) in [5.74, 6) is 1.38. The maximum atomic E-state index is 12.7. The minimum absolute atomic E-state index is 0.0307. The van der Waals surface area contributed by atoms with Gasteiger partial charge in [-0.15, -0.1) is 0 Å². The van der Waals surface area contributed by atoms with Crippen LogP contribution in [0.3, 0.4) is 0 Å². The topological polar surface area (TPSA) is 89.3 Å². The molecule has 0 bridgehead atoms. The van der Waals surface area contributed by atoms with E-state index in [4.69, 9.17) is 10.5 Å². The molecule has 0 atom stereocenters. The SMILES string of the molecule is Nc1ccc(Oc2ccc(NC(=O)Nc3cccc(C(F)(F)F)c3)cc2)cn1. The van der Waals surface area contributed by atoms with Crippen molar-refractivity contribution in [2.75, 3.05) is 16.4 Å². The summed E-state index contributed by atoms with van der Waals surface area (Å²) in [5, 5.41) is 4.89. The maximum absolute atomic E-state index is 12.7. The molecule has 0 saturated heterocycles. The molecule has 4 N–H and O–H groups in total. The molecule has 9 heteroatoms. The fourth-order valence-corrected chi connectivity index (χ4v) is 2.26. The van der Waals surface area contributed by atoms with Gasteiger partial charge in [0.1, 0.15) is 17.3 Å². The zero-order valence-electron chi connectivity index (χ0n) is 14.3. The number of rotatable bonds is 4. The molecule has 0 radical (unpaired) electrons. The van der Waals surface area contributed by atoms with Crippen molar-refractivity contribution in [2.45, 2.75) is 6.18 Å². The van der Waals surface area contributed by atoms with Crippen LogP contribution in [0.2, 0.25) is 0 Å². The van der Waals surface area contributed by atoms with Crippen LogP contribution in [-0.2, 0) is 6.18 Å². The Kier molecular flexibility index (Phi) is 5.35. The number of pyridine rings is 1. The highest BCUT2D eigenvalue weighted by atomic mass is 19.4. The van der Waals surface area contributed by atoms with Crippen molar-refractivity contribution in [3.63, 3.8) is 0 Å². The van der Waals surface area contributed by atoms with Crippen molar-refractivity contribution in [1.82, 2.24) is 4.98 Å². The second kappa shape index (κ2) is 7.87. The molecule has 6 nitrogen and oxygen atoms in total. The van der Waals surface area contributed by atoms with Gasteiger partial charge in [-0.3, -0.25) is 0 Å². The lowest BCUT2D eigenvalue weighted by molar-refractivity contribution is -0.137. The van der Waals surface area contributed by atoms with Gasteiger partial charge in [0.2, 0.25) is 0 Å². The van der Waals surface area contributed by atoms with Gasteiger partial charge in [-0.25, -0.2) is 9.78 Å². The summed E-state index contributed by atoms with van der Waals surface area (Å²) in [5.41, 5.74) is 5.13. The minimum Gasteiger partial charge on any atom is -0.456 e. The fraction of sp³-hybridized carbons (Fsp3) is 0.0526. The van der Waals surface area contributed by atoms with E-state index in [1.807, 2.05) is 0 Å². The molecule has 0 aliphatic heterocycles. The quantitative estimate of drug-likeness (QED) is 0.579. The largest absolute Gasteiger partial charge is 0.456 e. The highest BCUT2D eigenvalue weighted by Gasteiger charge is 2.30. The molecule has 3 rings (SSSR count). The number of benzene rings is 2. The second-order valence-electron chi connectivity index (χ2n) is 5.70. The molecule has 144 valence electrons. The smallest absolute Gasteiger partial charge is 0.416 e. The zero-order chi connectivity index (χ0) is 20.1. The number of anilines is 3. The number of nitrogens with two attached hydrogens (primary N) is 1. The molecule has 1 aromatic heterocycles. The third-order valence-electron chi connectivity index (χ3n) is 3.55. The number of alkyl halides is 3. The van der Waals surface area contributed by atoms with Crippen LogP contribution in [0.5, 0.6) is 11.5 Å². The van der Waals surface area contributed by atoms with Gasteiger partial charge < -0.3 is 21.1 Å². The lowest BCUT2D eigenvalue weighted by atomic mass is 10.2. The third-order valence-corrected chi connectivity index (χ3v) is 3.55. The van der Waals surface area contributed by atoms with Gasteiger partial charge in [-0.2, -0.15) is 13.2 Å². The van der Waals surface area contributed by atoms with Crippen molar-refractivity contribution < 1.29 is 22.7 Å². The Balaban J connectivity index is 1.59. The average Bonchev–Trinajstić information content (AvgIpc) is 2.65. The first-order chi connectivity index (χ1) is 13.3. The van der Waals surface area contributed by atoms with Crippen molar-refractivity contribution in [3.8, 4) is 11.5 Å². The van der Waals surface area contributed by atoms with Gasteiger partial charge in [-0.05, 0) is 54.6 Å². The summed E-state index contributed by atoms with van der Waals surface area (Å²) < 4.78 is 43.7. The number of nitrogens with one attached hydrogen (secondary N) is 2. The molecule has 28 heavy (non-hydrogen) atoms. The summed E-state index contributed by atoms with van der Waals surface area (Å²) in [6.45, 7) is 0. The minimum atomic E-state index is -4.48.